The van der Waals surface area contributed by atoms with Gasteiger partial charge in [0.15, 0.2) is 5.82 Å². The van der Waals surface area contributed by atoms with Crippen molar-refractivity contribution in [3.63, 3.8) is 0 Å². The van der Waals surface area contributed by atoms with Crippen molar-refractivity contribution in [2.75, 3.05) is 19.8 Å². The van der Waals surface area contributed by atoms with Gasteiger partial charge in [0.05, 0.1) is 12.6 Å². The van der Waals surface area contributed by atoms with E-state index in [4.69, 9.17) is 9.47 Å². The van der Waals surface area contributed by atoms with E-state index in [0.29, 0.717) is 19.0 Å². The van der Waals surface area contributed by atoms with E-state index in [1.807, 2.05) is 30.3 Å². The number of piperidine rings is 1. The molecule has 0 aliphatic carbocycles. The van der Waals surface area contributed by atoms with Gasteiger partial charge in [0.1, 0.15) is 6.61 Å². The van der Waals surface area contributed by atoms with Gasteiger partial charge >= 0.3 is 6.09 Å². The number of likely N-dealkylation sites (tertiary alicyclic amines) is 1. The van der Waals surface area contributed by atoms with Gasteiger partial charge in [0, 0.05) is 27.1 Å². The van der Waals surface area contributed by atoms with Gasteiger partial charge in [0.2, 0.25) is 0 Å². The highest BCUT2D eigenvalue weighted by Gasteiger charge is 2.35. The van der Waals surface area contributed by atoms with E-state index in [2.05, 4.69) is 40.3 Å². The number of benzene rings is 1. The summed E-state index contributed by atoms with van der Waals surface area (Å²) in [4.78, 5) is 14.6. The van der Waals surface area contributed by atoms with E-state index in [-0.39, 0.29) is 24.7 Å². The quantitative estimate of drug-likeness (QED) is 0.522. The molecule has 1 aliphatic heterocycles. The molecule has 1 saturated heterocycles. The minimum absolute atomic E-state index is 0.0582. The predicted octanol–water partition coefficient (Wildman–Crippen LogP) is 3.44. The number of amides is 1. The van der Waals surface area contributed by atoms with Gasteiger partial charge in [-0.3, -0.25) is 0 Å². The molecule has 1 amide bonds. The van der Waals surface area contributed by atoms with E-state index in [0.717, 1.165) is 31.1 Å². The molecule has 158 valence electrons. The highest BCUT2D eigenvalue weighted by Crippen LogP contribution is 2.30. The highest BCUT2D eigenvalue weighted by atomic mass is 28.3. The largest absolute Gasteiger partial charge is 0.445 e. The number of hydrogen-bond acceptors (Lipinski definition) is 6. The molecule has 2 atom stereocenters. The monoisotopic (exact) mass is 417 g/mol. The average Bonchev–Trinajstić information content (AvgIpc) is 3.24. The molecule has 1 N–H and O–H groups in total. The lowest BCUT2D eigenvalue weighted by Crippen LogP contribution is -2.48. The molecule has 2 aromatic rings. The molecule has 0 unspecified atom stereocenters. The topological polar surface area (TPSA) is 93.2 Å². The molecule has 9 heteroatoms. The maximum atomic E-state index is 12.8. The van der Waals surface area contributed by atoms with Crippen LogP contribution in [0.15, 0.2) is 30.3 Å². The number of carbonyl (C=O) groups is 1. The van der Waals surface area contributed by atoms with Crippen LogP contribution in [0, 0.1) is 0 Å². The van der Waals surface area contributed by atoms with Crippen LogP contribution in [0.3, 0.4) is 0 Å². The normalized spacial score (nSPS) is 19.9. The predicted molar refractivity (Wildman–Crippen MR) is 112 cm³/mol. The molecule has 1 aromatic carbocycles. The second-order valence-corrected chi connectivity index (χ2v) is 14.4. The van der Waals surface area contributed by atoms with Crippen molar-refractivity contribution in [2.45, 2.75) is 57.1 Å². The molecule has 1 aliphatic rings. The van der Waals surface area contributed by atoms with Crippen LogP contribution >= 0.6 is 0 Å². The number of hydrogen-bond donors (Lipinski definition) is 1. The molecule has 1 fully saturated rings. The molecule has 8 nitrogen and oxygen atoms in total. The Morgan fingerprint density at radius 2 is 2.07 bits per heavy atom. The molecule has 1 aromatic heterocycles. The Hall–Kier alpha value is -2.26. The van der Waals surface area contributed by atoms with Crippen LogP contribution in [0.1, 0.15) is 30.1 Å². The third-order valence-electron chi connectivity index (χ3n) is 5.19. The van der Waals surface area contributed by atoms with Crippen LogP contribution in [0.2, 0.25) is 25.7 Å². The third kappa shape index (κ3) is 6.64. The van der Waals surface area contributed by atoms with Crippen molar-refractivity contribution in [2.24, 2.45) is 0 Å². The summed E-state index contributed by atoms with van der Waals surface area (Å²) in [6, 6.07) is 10.8. The first-order chi connectivity index (χ1) is 13.9. The first kappa shape index (κ1) is 21.4. The molecule has 3 rings (SSSR count). The zero-order chi connectivity index (χ0) is 20.7. The summed E-state index contributed by atoms with van der Waals surface area (Å²) in [6.45, 7) is 9.08. The highest BCUT2D eigenvalue weighted by molar-refractivity contribution is 6.76. The van der Waals surface area contributed by atoms with Crippen LogP contribution in [0.25, 0.3) is 0 Å². The van der Waals surface area contributed by atoms with Crippen molar-refractivity contribution in [3.05, 3.63) is 41.7 Å². The molecular weight excluding hydrogens is 386 g/mol. The van der Waals surface area contributed by atoms with Crippen molar-refractivity contribution in [3.8, 4) is 0 Å². The van der Waals surface area contributed by atoms with Crippen molar-refractivity contribution in [1.29, 1.82) is 0 Å². The summed E-state index contributed by atoms with van der Waals surface area (Å²) in [5.41, 5.74) is 0.977. The Bertz CT molecular complexity index is 751. The summed E-state index contributed by atoms with van der Waals surface area (Å²) in [5, 5.41) is 14.5. The summed E-state index contributed by atoms with van der Waals surface area (Å²) in [5.74, 6) is 0.868. The SMILES string of the molecule is C[Si](C)(C)CCOC[C@H]1C[C@@H](c2nn[nH]n2)CCN1C(=O)OCc1ccccc1. The maximum Gasteiger partial charge on any atom is 0.410 e. The fraction of sp³-hybridized carbons (Fsp3) is 0.600. The fourth-order valence-electron chi connectivity index (χ4n) is 3.43. The Morgan fingerprint density at radius 3 is 2.76 bits per heavy atom. The summed E-state index contributed by atoms with van der Waals surface area (Å²) >= 11 is 0. The average molecular weight is 418 g/mol. The molecule has 0 spiro atoms. The fourth-order valence-corrected chi connectivity index (χ4v) is 4.18. The van der Waals surface area contributed by atoms with Crippen molar-refractivity contribution < 1.29 is 14.3 Å². The second kappa shape index (κ2) is 9.97. The number of aromatic amines is 1. The maximum absolute atomic E-state index is 12.8. The lowest BCUT2D eigenvalue weighted by atomic mass is 9.91. The lowest BCUT2D eigenvalue weighted by molar-refractivity contribution is 0.0241. The summed E-state index contributed by atoms with van der Waals surface area (Å²) in [7, 11) is -1.15. The van der Waals surface area contributed by atoms with Gasteiger partial charge in [-0.15, -0.1) is 10.2 Å². The Balaban J connectivity index is 1.59. The van der Waals surface area contributed by atoms with Gasteiger partial charge in [-0.2, -0.15) is 5.21 Å². The number of tetrazole rings is 1. The molecular formula is C20H31N5O3Si. The first-order valence-electron chi connectivity index (χ1n) is 10.2. The number of ether oxygens (including phenoxy) is 2. The third-order valence-corrected chi connectivity index (χ3v) is 6.89. The molecule has 29 heavy (non-hydrogen) atoms. The Kier molecular flexibility index (Phi) is 7.38. The van der Waals surface area contributed by atoms with E-state index >= 15 is 0 Å². The molecule has 0 saturated carbocycles. The number of aromatic nitrogens is 4. The van der Waals surface area contributed by atoms with Gasteiger partial charge in [-0.25, -0.2) is 4.79 Å². The van der Waals surface area contributed by atoms with E-state index < -0.39 is 8.07 Å². The standard InChI is InChI=1S/C20H31N5O3Si/c1-29(2,3)12-11-27-15-18-13-17(19-21-23-24-22-19)9-10-25(18)20(26)28-14-16-7-5-4-6-8-16/h4-8,17-18H,9-15H2,1-3H3,(H,21,22,23,24)/t17-,18+/m0/s1. The minimum atomic E-state index is -1.15. The van der Waals surface area contributed by atoms with E-state index in [9.17, 15) is 4.79 Å². The van der Waals surface area contributed by atoms with Gasteiger partial charge in [-0.1, -0.05) is 55.2 Å². The number of rotatable bonds is 8. The van der Waals surface area contributed by atoms with Crippen LogP contribution in [-0.4, -0.2) is 65.5 Å². The van der Waals surface area contributed by atoms with E-state index in [1.54, 1.807) is 4.90 Å². The van der Waals surface area contributed by atoms with Crippen molar-refractivity contribution >= 4 is 14.2 Å². The minimum Gasteiger partial charge on any atom is -0.445 e. The molecule has 0 bridgehead atoms. The number of nitrogens with one attached hydrogen (secondary N) is 1. The summed E-state index contributed by atoms with van der Waals surface area (Å²) < 4.78 is 11.6. The molecule has 2 heterocycles. The zero-order valence-electron chi connectivity index (χ0n) is 17.5. The van der Waals surface area contributed by atoms with Gasteiger partial charge in [-0.05, 0) is 24.4 Å². The van der Waals surface area contributed by atoms with Gasteiger partial charge in [0.25, 0.3) is 0 Å². The Labute approximate surface area is 173 Å². The lowest BCUT2D eigenvalue weighted by Gasteiger charge is -2.37. The van der Waals surface area contributed by atoms with Gasteiger partial charge < -0.3 is 14.4 Å². The van der Waals surface area contributed by atoms with Crippen LogP contribution in [0.4, 0.5) is 4.79 Å². The number of H-pyrrole nitrogens is 1. The number of nitrogens with zero attached hydrogens (tertiary/aromatic N) is 4. The zero-order valence-corrected chi connectivity index (χ0v) is 18.5. The van der Waals surface area contributed by atoms with E-state index in [1.165, 1.54) is 0 Å². The van der Waals surface area contributed by atoms with Crippen LogP contribution < -0.4 is 0 Å². The molecule has 0 radical (unpaired) electrons. The van der Waals surface area contributed by atoms with Crippen LogP contribution in [0.5, 0.6) is 0 Å². The van der Waals surface area contributed by atoms with Crippen molar-refractivity contribution in [1.82, 2.24) is 25.5 Å². The first-order valence-corrected chi connectivity index (χ1v) is 13.9. The Morgan fingerprint density at radius 1 is 1.28 bits per heavy atom. The summed E-state index contributed by atoms with van der Waals surface area (Å²) in [6.07, 6.45) is 1.23. The smallest absolute Gasteiger partial charge is 0.410 e. The number of carbonyl (C=O) groups excluding carboxylic acids is 1. The van der Waals surface area contributed by atoms with Crippen LogP contribution in [-0.2, 0) is 16.1 Å². The second-order valence-electron chi connectivity index (χ2n) is 8.76.